The predicted octanol–water partition coefficient (Wildman–Crippen LogP) is 1.73. The van der Waals surface area contributed by atoms with Gasteiger partial charge in [-0.05, 0) is 24.1 Å². The quantitative estimate of drug-likeness (QED) is 0.735. The molecule has 0 radical (unpaired) electrons. The summed E-state index contributed by atoms with van der Waals surface area (Å²) in [4.78, 5) is 24.0. The summed E-state index contributed by atoms with van der Waals surface area (Å²) in [5.41, 5.74) is 0.978. The van der Waals surface area contributed by atoms with Gasteiger partial charge in [0, 0.05) is 13.0 Å². The first kappa shape index (κ1) is 15.8. The summed E-state index contributed by atoms with van der Waals surface area (Å²) in [5.74, 6) is -0.486. The SMILES string of the molecule is C=CCN(CC(=O)O)C(=O)CCc1cccc(OC)c1. The maximum Gasteiger partial charge on any atom is 0.323 e. The zero-order valence-corrected chi connectivity index (χ0v) is 11.5. The van der Waals surface area contributed by atoms with E-state index in [4.69, 9.17) is 9.84 Å². The van der Waals surface area contributed by atoms with E-state index in [9.17, 15) is 9.59 Å². The van der Waals surface area contributed by atoms with Crippen molar-refractivity contribution in [1.82, 2.24) is 4.90 Å². The van der Waals surface area contributed by atoms with Crippen LogP contribution in [0.3, 0.4) is 0 Å². The lowest BCUT2D eigenvalue weighted by atomic mass is 10.1. The third-order valence-corrected chi connectivity index (χ3v) is 2.79. The average Bonchev–Trinajstić information content (AvgIpc) is 2.44. The van der Waals surface area contributed by atoms with E-state index in [2.05, 4.69) is 6.58 Å². The Bertz CT molecular complexity index is 485. The number of hydrogen-bond donors (Lipinski definition) is 1. The van der Waals surface area contributed by atoms with E-state index in [1.165, 1.54) is 11.0 Å². The smallest absolute Gasteiger partial charge is 0.323 e. The van der Waals surface area contributed by atoms with Gasteiger partial charge in [-0.25, -0.2) is 0 Å². The van der Waals surface area contributed by atoms with E-state index >= 15 is 0 Å². The molecule has 5 heteroatoms. The van der Waals surface area contributed by atoms with E-state index in [1.807, 2.05) is 24.3 Å². The predicted molar refractivity (Wildman–Crippen MR) is 75.7 cm³/mol. The van der Waals surface area contributed by atoms with Crippen molar-refractivity contribution in [2.75, 3.05) is 20.2 Å². The second kappa shape index (κ2) is 7.99. The molecule has 0 heterocycles. The number of benzene rings is 1. The van der Waals surface area contributed by atoms with Crippen molar-refractivity contribution in [3.8, 4) is 5.75 Å². The van der Waals surface area contributed by atoms with Crippen molar-refractivity contribution >= 4 is 11.9 Å². The van der Waals surface area contributed by atoms with Crippen LogP contribution in [0.5, 0.6) is 5.75 Å². The number of aryl methyl sites for hydroxylation is 1. The van der Waals surface area contributed by atoms with Gasteiger partial charge in [0.1, 0.15) is 12.3 Å². The van der Waals surface area contributed by atoms with Crippen LogP contribution in [-0.4, -0.2) is 42.1 Å². The molecule has 1 aromatic carbocycles. The Morgan fingerprint density at radius 1 is 1.45 bits per heavy atom. The van der Waals surface area contributed by atoms with Gasteiger partial charge < -0.3 is 14.7 Å². The van der Waals surface area contributed by atoms with Crippen LogP contribution in [0.15, 0.2) is 36.9 Å². The molecule has 5 nitrogen and oxygen atoms in total. The fourth-order valence-corrected chi connectivity index (χ4v) is 1.81. The molecule has 1 N–H and O–H groups in total. The van der Waals surface area contributed by atoms with Crippen molar-refractivity contribution in [1.29, 1.82) is 0 Å². The van der Waals surface area contributed by atoms with Crippen LogP contribution in [0.4, 0.5) is 0 Å². The third kappa shape index (κ3) is 5.14. The van der Waals surface area contributed by atoms with Crippen LogP contribution in [0.25, 0.3) is 0 Å². The first-order chi connectivity index (χ1) is 9.56. The van der Waals surface area contributed by atoms with Gasteiger partial charge in [-0.1, -0.05) is 18.2 Å². The lowest BCUT2D eigenvalue weighted by Gasteiger charge is -2.18. The molecular weight excluding hydrogens is 258 g/mol. The van der Waals surface area contributed by atoms with Crippen LogP contribution in [-0.2, 0) is 16.0 Å². The van der Waals surface area contributed by atoms with Crippen LogP contribution < -0.4 is 4.74 Å². The Morgan fingerprint density at radius 3 is 2.80 bits per heavy atom. The molecule has 0 unspecified atom stereocenters. The van der Waals surface area contributed by atoms with Crippen LogP contribution >= 0.6 is 0 Å². The fraction of sp³-hybridized carbons (Fsp3) is 0.333. The van der Waals surface area contributed by atoms with E-state index in [0.717, 1.165) is 11.3 Å². The fourth-order valence-electron chi connectivity index (χ4n) is 1.81. The standard InChI is InChI=1S/C15H19NO4/c1-3-9-16(11-15(18)19)14(17)8-7-12-5-4-6-13(10-12)20-2/h3-6,10H,1,7-9,11H2,2H3,(H,18,19). The highest BCUT2D eigenvalue weighted by Gasteiger charge is 2.15. The minimum Gasteiger partial charge on any atom is -0.497 e. The monoisotopic (exact) mass is 277 g/mol. The number of nitrogens with zero attached hydrogens (tertiary/aromatic N) is 1. The lowest BCUT2D eigenvalue weighted by molar-refractivity contribution is -0.144. The van der Waals surface area contributed by atoms with Gasteiger partial charge >= 0.3 is 5.97 Å². The summed E-state index contributed by atoms with van der Waals surface area (Å²) >= 11 is 0. The van der Waals surface area contributed by atoms with Crippen LogP contribution in [0.1, 0.15) is 12.0 Å². The number of ether oxygens (including phenoxy) is 1. The van der Waals surface area contributed by atoms with E-state index in [-0.39, 0.29) is 25.4 Å². The van der Waals surface area contributed by atoms with Crippen molar-refractivity contribution in [2.24, 2.45) is 0 Å². The van der Waals surface area contributed by atoms with Crippen molar-refractivity contribution < 1.29 is 19.4 Å². The van der Waals surface area contributed by atoms with Gasteiger partial charge in [0.2, 0.25) is 5.91 Å². The minimum atomic E-state index is -1.03. The Hall–Kier alpha value is -2.30. The molecule has 1 rings (SSSR count). The number of rotatable bonds is 8. The molecule has 0 aromatic heterocycles. The highest BCUT2D eigenvalue weighted by molar-refractivity contribution is 5.81. The number of methoxy groups -OCH3 is 1. The van der Waals surface area contributed by atoms with E-state index in [0.29, 0.717) is 6.42 Å². The zero-order chi connectivity index (χ0) is 15.0. The number of hydrogen-bond acceptors (Lipinski definition) is 3. The van der Waals surface area contributed by atoms with Crippen molar-refractivity contribution in [3.05, 3.63) is 42.5 Å². The van der Waals surface area contributed by atoms with Gasteiger partial charge in [0.05, 0.1) is 7.11 Å². The molecular formula is C15H19NO4. The summed E-state index contributed by atoms with van der Waals surface area (Å²) in [6.45, 7) is 3.46. The van der Waals surface area contributed by atoms with E-state index in [1.54, 1.807) is 7.11 Å². The highest BCUT2D eigenvalue weighted by atomic mass is 16.5. The average molecular weight is 277 g/mol. The minimum absolute atomic E-state index is 0.199. The molecule has 1 aromatic rings. The molecule has 0 saturated heterocycles. The van der Waals surface area contributed by atoms with Gasteiger partial charge in [-0.3, -0.25) is 9.59 Å². The summed E-state index contributed by atoms with van der Waals surface area (Å²) in [6.07, 6.45) is 2.32. The second-order valence-electron chi connectivity index (χ2n) is 4.31. The Labute approximate surface area is 118 Å². The van der Waals surface area contributed by atoms with Crippen molar-refractivity contribution in [2.45, 2.75) is 12.8 Å². The Morgan fingerprint density at radius 2 is 2.20 bits per heavy atom. The van der Waals surface area contributed by atoms with Crippen LogP contribution in [0, 0.1) is 0 Å². The zero-order valence-electron chi connectivity index (χ0n) is 11.5. The summed E-state index contributed by atoms with van der Waals surface area (Å²) < 4.78 is 5.11. The number of carbonyl (C=O) groups is 2. The first-order valence-corrected chi connectivity index (χ1v) is 6.30. The molecule has 0 bridgehead atoms. The highest BCUT2D eigenvalue weighted by Crippen LogP contribution is 2.14. The van der Waals surface area contributed by atoms with Gasteiger partial charge in [-0.15, -0.1) is 6.58 Å². The largest absolute Gasteiger partial charge is 0.497 e. The van der Waals surface area contributed by atoms with Gasteiger partial charge in [-0.2, -0.15) is 0 Å². The van der Waals surface area contributed by atoms with Gasteiger partial charge in [0.25, 0.3) is 0 Å². The third-order valence-electron chi connectivity index (χ3n) is 2.79. The molecule has 1 amide bonds. The molecule has 0 aliphatic heterocycles. The van der Waals surface area contributed by atoms with Crippen molar-refractivity contribution in [3.63, 3.8) is 0 Å². The second-order valence-corrected chi connectivity index (χ2v) is 4.31. The Kier molecular flexibility index (Phi) is 6.29. The first-order valence-electron chi connectivity index (χ1n) is 6.30. The Balaban J connectivity index is 2.59. The molecule has 20 heavy (non-hydrogen) atoms. The molecule has 0 aliphatic carbocycles. The molecule has 0 aliphatic rings. The molecule has 0 spiro atoms. The molecule has 108 valence electrons. The summed E-state index contributed by atoms with van der Waals surface area (Å²) in [7, 11) is 1.59. The van der Waals surface area contributed by atoms with Gasteiger partial charge in [0.15, 0.2) is 0 Å². The normalized spacial score (nSPS) is 9.85. The lowest BCUT2D eigenvalue weighted by Crippen LogP contribution is -2.35. The maximum atomic E-state index is 12.0. The number of aliphatic carboxylic acids is 1. The van der Waals surface area contributed by atoms with Crippen LogP contribution in [0.2, 0.25) is 0 Å². The summed E-state index contributed by atoms with van der Waals surface area (Å²) in [5, 5.41) is 8.77. The number of carboxylic acids is 1. The number of carbonyl (C=O) groups excluding carboxylic acids is 1. The molecule has 0 atom stereocenters. The topological polar surface area (TPSA) is 66.8 Å². The maximum absolute atomic E-state index is 12.0. The number of carboxylic acid groups (broad SMARTS) is 1. The molecule has 0 fully saturated rings. The van der Waals surface area contributed by atoms with E-state index < -0.39 is 5.97 Å². The summed E-state index contributed by atoms with van der Waals surface area (Å²) in [6, 6.07) is 7.46. The molecule has 0 saturated carbocycles. The number of amides is 1.